The fourth-order valence-electron chi connectivity index (χ4n) is 11.3. The average Bonchev–Trinajstić information content (AvgIpc) is 3.24. The van der Waals surface area contributed by atoms with Gasteiger partial charge in [0.2, 0.25) is 0 Å². The molecule has 0 aromatic heterocycles. The number of carbonyl (C=O) groups excluding carboxylic acids is 1. The summed E-state index contributed by atoms with van der Waals surface area (Å²) in [4.78, 5) is 16.0. The zero-order valence-electron chi connectivity index (χ0n) is 36.5. The van der Waals surface area contributed by atoms with E-state index in [2.05, 4.69) is 90.0 Å². The number of amides is 2. The second-order valence-electron chi connectivity index (χ2n) is 19.0. The van der Waals surface area contributed by atoms with E-state index >= 15 is 0 Å². The van der Waals surface area contributed by atoms with Crippen molar-refractivity contribution in [3.05, 3.63) is 95.1 Å². The molecule has 1 heterocycles. The van der Waals surface area contributed by atoms with Gasteiger partial charge in [-0.1, -0.05) is 151 Å². The third-order valence-corrected chi connectivity index (χ3v) is 14.1. The van der Waals surface area contributed by atoms with Crippen LogP contribution in [0.4, 0.5) is 4.79 Å². The van der Waals surface area contributed by atoms with E-state index in [1.165, 1.54) is 96.3 Å². The highest BCUT2D eigenvalue weighted by Crippen LogP contribution is 2.55. The highest BCUT2D eigenvalue weighted by molar-refractivity contribution is 5.76. The lowest BCUT2D eigenvalue weighted by atomic mass is 9.53. The number of benzene rings is 3. The minimum atomic E-state index is -0.486. The van der Waals surface area contributed by atoms with Crippen molar-refractivity contribution >= 4 is 6.03 Å². The van der Waals surface area contributed by atoms with E-state index in [-0.39, 0.29) is 30.4 Å². The molecule has 8 rings (SSSR count). The van der Waals surface area contributed by atoms with E-state index in [0.29, 0.717) is 6.54 Å². The number of hydrogen-bond donors (Lipinski definition) is 3. The maximum atomic E-state index is 13.4. The average molecular weight is 806 g/mol. The minimum absolute atomic E-state index is 0.00159. The highest BCUT2D eigenvalue weighted by Gasteiger charge is 2.51. The van der Waals surface area contributed by atoms with Crippen molar-refractivity contribution in [2.24, 2.45) is 17.8 Å². The van der Waals surface area contributed by atoms with Gasteiger partial charge in [-0.3, -0.25) is 0 Å². The summed E-state index contributed by atoms with van der Waals surface area (Å²) in [6.45, 7) is 8.24. The topological polar surface area (TPSA) is 83.1 Å². The van der Waals surface area contributed by atoms with Crippen LogP contribution in [-0.4, -0.2) is 47.3 Å². The van der Waals surface area contributed by atoms with Gasteiger partial charge in [-0.15, -0.1) is 0 Å². The number of nitrogens with zero attached hydrogens (tertiary/aromatic N) is 1. The monoisotopic (exact) mass is 806 g/mol. The van der Waals surface area contributed by atoms with Crippen LogP contribution in [0.25, 0.3) is 11.1 Å². The Morgan fingerprint density at radius 2 is 1.27 bits per heavy atom. The van der Waals surface area contributed by atoms with Crippen LogP contribution in [-0.2, 0) is 22.6 Å². The second kappa shape index (κ2) is 22.0. The molecule has 0 radical (unpaired) electrons. The van der Waals surface area contributed by atoms with E-state index in [1.54, 1.807) is 0 Å². The lowest BCUT2D eigenvalue weighted by Crippen LogP contribution is -2.61. The Morgan fingerprint density at radius 3 is 1.88 bits per heavy atom. The molecule has 4 aliphatic carbocycles. The van der Waals surface area contributed by atoms with Crippen LogP contribution in [0.5, 0.6) is 0 Å². The van der Waals surface area contributed by atoms with Crippen LogP contribution in [0, 0.1) is 17.8 Å². The van der Waals surface area contributed by atoms with E-state index < -0.39 is 6.29 Å². The predicted octanol–water partition coefficient (Wildman–Crippen LogP) is 12.2. The molecule has 3 N–H and O–H groups in total. The smallest absolute Gasteiger partial charge is 0.315 e. The number of aliphatic hydroxyl groups is 1. The van der Waals surface area contributed by atoms with Crippen LogP contribution in [0.15, 0.2) is 72.8 Å². The molecule has 0 spiro atoms. The molecule has 5 aliphatic rings. The summed E-state index contributed by atoms with van der Waals surface area (Å²) >= 11 is 0. The Kier molecular flexibility index (Phi) is 16.4. The second-order valence-corrected chi connectivity index (χ2v) is 19.0. The molecule has 4 bridgehead atoms. The van der Waals surface area contributed by atoms with Gasteiger partial charge in [-0.05, 0) is 110 Å². The summed E-state index contributed by atoms with van der Waals surface area (Å²) in [5, 5.41) is 16.4. The van der Waals surface area contributed by atoms with E-state index in [1.807, 2.05) is 12.1 Å². The quantitative estimate of drug-likeness (QED) is 0.0832. The number of carbonyl (C=O) groups is 1. The Morgan fingerprint density at radius 1 is 0.695 bits per heavy atom. The number of ether oxygens (including phenoxy) is 2. The molecular weight excluding hydrogens is 731 g/mol. The largest absolute Gasteiger partial charge is 0.392 e. The van der Waals surface area contributed by atoms with E-state index in [9.17, 15) is 9.90 Å². The molecule has 7 nitrogen and oxygen atoms in total. The summed E-state index contributed by atoms with van der Waals surface area (Å²) in [5.41, 5.74) is 6.39. The van der Waals surface area contributed by atoms with Crippen LogP contribution < -0.4 is 10.6 Å². The number of rotatable bonds is 23. The lowest BCUT2D eigenvalue weighted by molar-refractivity contribution is -0.253. The fourth-order valence-corrected chi connectivity index (χ4v) is 11.3. The first-order valence-electron chi connectivity index (χ1n) is 23.9. The highest BCUT2D eigenvalue weighted by atomic mass is 16.7. The molecule has 1 saturated heterocycles. The van der Waals surface area contributed by atoms with Crippen LogP contribution in [0.3, 0.4) is 0 Å². The number of nitrogens with one attached hydrogen (secondary N) is 2. The molecule has 5 fully saturated rings. The van der Waals surface area contributed by atoms with E-state index in [0.717, 1.165) is 96.5 Å². The first-order chi connectivity index (χ1) is 28.9. The standard InChI is InChI=1S/C52H75N3O4/c1-3-5-7-9-11-15-27-55(28-16-12-10-8-6-4-2)37-47-32-49(44-21-19-39(38-56)20-22-44)59-50(58-47)45-25-23-43(24-26-45)48-18-14-13-17-46(48)36-53-51(57)54-52-33-40-29-41(34-52)31-42(30-40)35-52/h13-14,17-26,40-42,47,49-50,56H,3-12,15-16,27-38H2,1-2H3,(H2,53,54,57). The van der Waals surface area contributed by atoms with Crippen molar-refractivity contribution in [3.8, 4) is 11.1 Å². The number of urea groups is 1. The van der Waals surface area contributed by atoms with Crippen LogP contribution in [0.2, 0.25) is 0 Å². The molecule has 3 aromatic rings. The first kappa shape index (κ1) is 43.8. The van der Waals surface area contributed by atoms with Gasteiger partial charge in [-0.2, -0.15) is 0 Å². The van der Waals surface area contributed by atoms with Gasteiger partial charge in [-0.25, -0.2) is 4.79 Å². The molecule has 1 aliphatic heterocycles. The van der Waals surface area contributed by atoms with E-state index in [4.69, 9.17) is 9.47 Å². The van der Waals surface area contributed by atoms with Crippen molar-refractivity contribution < 1.29 is 19.4 Å². The van der Waals surface area contributed by atoms with Gasteiger partial charge in [0.15, 0.2) is 6.29 Å². The number of aliphatic hydroxyl groups excluding tert-OH is 1. The molecule has 7 heteroatoms. The summed E-state index contributed by atoms with van der Waals surface area (Å²) in [7, 11) is 0. The Hall–Kier alpha value is -3.23. The molecule has 3 atom stereocenters. The van der Waals surface area contributed by atoms with Crippen LogP contribution >= 0.6 is 0 Å². The first-order valence-corrected chi connectivity index (χ1v) is 23.9. The Balaban J connectivity index is 1.01. The fraction of sp³-hybridized carbons (Fsp3) is 0.635. The predicted molar refractivity (Wildman–Crippen MR) is 240 cm³/mol. The SMILES string of the molecule is CCCCCCCCN(CCCCCCCC)CC1CC(c2ccc(CO)cc2)OC(c2ccc(-c3ccccc3CNC(=O)NC34CC5CC(CC(C5)C3)C4)cc2)O1. The maximum Gasteiger partial charge on any atom is 0.315 e. The van der Waals surface area contributed by atoms with Gasteiger partial charge in [0, 0.05) is 30.6 Å². The van der Waals surface area contributed by atoms with Gasteiger partial charge < -0.3 is 30.1 Å². The van der Waals surface area contributed by atoms with Crippen molar-refractivity contribution in [2.75, 3.05) is 19.6 Å². The van der Waals surface area contributed by atoms with Crippen molar-refractivity contribution in [3.63, 3.8) is 0 Å². The zero-order chi connectivity index (χ0) is 40.9. The summed E-state index contributed by atoms with van der Waals surface area (Å²) < 4.78 is 13.7. The van der Waals surface area contributed by atoms with Gasteiger partial charge in [0.05, 0.1) is 18.8 Å². The third-order valence-electron chi connectivity index (χ3n) is 14.1. The summed E-state index contributed by atoms with van der Waals surface area (Å²) in [6.07, 6.45) is 23.4. The molecule has 3 aromatic carbocycles. The molecule has 2 amide bonds. The van der Waals surface area contributed by atoms with Gasteiger partial charge >= 0.3 is 6.03 Å². The van der Waals surface area contributed by atoms with Gasteiger partial charge in [0.1, 0.15) is 0 Å². The number of unbranched alkanes of at least 4 members (excludes halogenated alkanes) is 10. The third kappa shape index (κ3) is 12.4. The molecule has 4 saturated carbocycles. The molecular formula is C52H75N3O4. The zero-order valence-corrected chi connectivity index (χ0v) is 36.5. The minimum Gasteiger partial charge on any atom is -0.392 e. The summed E-state index contributed by atoms with van der Waals surface area (Å²) in [6, 6.07) is 25.3. The lowest BCUT2D eigenvalue weighted by Gasteiger charge is -2.56. The molecule has 59 heavy (non-hydrogen) atoms. The normalized spacial score (nSPS) is 26.0. The van der Waals surface area contributed by atoms with Gasteiger partial charge in [0.25, 0.3) is 0 Å². The van der Waals surface area contributed by atoms with Crippen LogP contribution in [0.1, 0.15) is 170 Å². The van der Waals surface area contributed by atoms with Crippen molar-refractivity contribution in [1.29, 1.82) is 0 Å². The van der Waals surface area contributed by atoms with Crippen molar-refractivity contribution in [1.82, 2.24) is 15.5 Å². The molecule has 3 unspecified atom stereocenters. The Bertz CT molecular complexity index is 1660. The number of hydrogen-bond acceptors (Lipinski definition) is 5. The Labute approximate surface area is 356 Å². The molecule has 322 valence electrons. The summed E-state index contributed by atoms with van der Waals surface area (Å²) in [5.74, 6) is 2.39. The van der Waals surface area contributed by atoms with Crippen molar-refractivity contribution in [2.45, 2.75) is 173 Å². The maximum absolute atomic E-state index is 13.4.